The fourth-order valence-electron chi connectivity index (χ4n) is 4.06. The summed E-state index contributed by atoms with van der Waals surface area (Å²) in [5, 5.41) is 13.1. The Hall–Kier alpha value is -3.44. The molecule has 172 valence electrons. The fraction of sp³-hybridized carbons (Fsp3) is 0.318. The molecule has 10 nitrogen and oxygen atoms in total. The molecule has 0 unspecified atom stereocenters. The third-order valence-corrected chi connectivity index (χ3v) is 7.25. The van der Waals surface area contributed by atoms with Gasteiger partial charge < -0.3 is 14.8 Å². The van der Waals surface area contributed by atoms with E-state index in [0.29, 0.717) is 18.2 Å². The number of methoxy groups -OCH3 is 1. The van der Waals surface area contributed by atoms with E-state index >= 15 is 0 Å². The zero-order valence-electron chi connectivity index (χ0n) is 18.5. The highest BCUT2D eigenvalue weighted by Crippen LogP contribution is 2.39. The van der Waals surface area contributed by atoms with Gasteiger partial charge >= 0.3 is 6.03 Å². The smallest absolute Gasteiger partial charge is 0.354 e. The van der Waals surface area contributed by atoms with E-state index in [0.717, 1.165) is 35.1 Å². The van der Waals surface area contributed by atoms with Crippen molar-refractivity contribution < 1.29 is 18.5 Å². The molecule has 1 aliphatic heterocycles. The standard InChI is InChI=1S/C22H24N6O4S/c1-22(2)12-32-20-17(11-25-28(20)22)33(23,30)27-21(29)26-19-15-6-4-13(15)5-7-16(19)14-8-9-24-18(10-14)31-3/h5,7-11H,4,6,12H2,1-3H3,(H3,23,26,27,29,30)/t33-/m1/s1. The van der Waals surface area contributed by atoms with Crippen molar-refractivity contribution in [1.82, 2.24) is 14.8 Å². The number of anilines is 1. The molecule has 1 aliphatic carbocycles. The van der Waals surface area contributed by atoms with Crippen LogP contribution in [0.5, 0.6) is 11.8 Å². The van der Waals surface area contributed by atoms with Crippen molar-refractivity contribution in [3.05, 3.63) is 47.8 Å². The molecule has 2 aromatic heterocycles. The number of hydrogen-bond acceptors (Lipinski definition) is 6. The summed E-state index contributed by atoms with van der Waals surface area (Å²) in [6.07, 6.45) is 4.73. The number of nitrogens with one attached hydrogen (secondary N) is 1. The number of aromatic nitrogens is 3. The number of amides is 2. The van der Waals surface area contributed by atoms with Crippen LogP contribution in [0.25, 0.3) is 11.1 Å². The number of pyridine rings is 1. The highest BCUT2D eigenvalue weighted by molar-refractivity contribution is 7.91. The molecule has 33 heavy (non-hydrogen) atoms. The van der Waals surface area contributed by atoms with Gasteiger partial charge in [-0.25, -0.2) is 23.8 Å². The van der Waals surface area contributed by atoms with E-state index in [1.165, 1.54) is 6.20 Å². The minimum absolute atomic E-state index is 0.100. The van der Waals surface area contributed by atoms with Crippen LogP contribution in [-0.4, -0.2) is 38.7 Å². The second-order valence-corrected chi connectivity index (χ2v) is 10.4. The Kier molecular flexibility index (Phi) is 4.91. The van der Waals surface area contributed by atoms with E-state index in [1.807, 2.05) is 32.0 Å². The average molecular weight is 469 g/mol. The van der Waals surface area contributed by atoms with Gasteiger partial charge in [-0.2, -0.15) is 5.10 Å². The largest absolute Gasteiger partial charge is 0.481 e. The molecule has 1 atom stereocenters. The van der Waals surface area contributed by atoms with Crippen molar-refractivity contribution in [2.75, 3.05) is 19.0 Å². The topological polar surface area (TPSA) is 134 Å². The molecule has 0 radical (unpaired) electrons. The molecule has 1 aromatic carbocycles. The lowest BCUT2D eigenvalue weighted by Gasteiger charge is -2.25. The van der Waals surface area contributed by atoms with Gasteiger partial charge in [-0.05, 0) is 49.4 Å². The Morgan fingerprint density at radius 2 is 2.15 bits per heavy atom. The van der Waals surface area contributed by atoms with Crippen LogP contribution in [0.1, 0.15) is 25.0 Å². The Labute approximate surface area is 191 Å². The van der Waals surface area contributed by atoms with Crippen LogP contribution < -0.4 is 19.9 Å². The maximum absolute atomic E-state index is 13.2. The number of hydrogen-bond donors (Lipinski definition) is 2. The van der Waals surface area contributed by atoms with Crippen LogP contribution >= 0.6 is 0 Å². The SMILES string of the molecule is COc1cc(-c2ccc3c(c2NC(=O)N=[S@@](N)(=O)c2cnn4c2OCC4(C)C)CC3)ccn1. The first-order valence-corrected chi connectivity index (χ1v) is 12.0. The van der Waals surface area contributed by atoms with Crippen LogP contribution in [0.2, 0.25) is 0 Å². The number of carbonyl (C=O) groups excluding carboxylic acids is 1. The van der Waals surface area contributed by atoms with Gasteiger partial charge in [0.05, 0.1) is 24.5 Å². The van der Waals surface area contributed by atoms with E-state index in [1.54, 1.807) is 24.1 Å². The summed E-state index contributed by atoms with van der Waals surface area (Å²) in [5.41, 5.74) is 4.00. The van der Waals surface area contributed by atoms with Crippen LogP contribution in [0.3, 0.4) is 0 Å². The van der Waals surface area contributed by atoms with E-state index in [9.17, 15) is 9.00 Å². The summed E-state index contributed by atoms with van der Waals surface area (Å²) in [6.45, 7) is 4.23. The molecule has 0 bridgehead atoms. The van der Waals surface area contributed by atoms with Gasteiger partial charge in [0.1, 0.15) is 11.5 Å². The van der Waals surface area contributed by atoms with E-state index in [-0.39, 0.29) is 10.8 Å². The molecule has 3 aromatic rings. The molecule has 0 fully saturated rings. The number of benzene rings is 1. The molecule has 3 heterocycles. The molecule has 0 spiro atoms. The third kappa shape index (κ3) is 3.62. The molecule has 3 N–H and O–H groups in total. The number of nitrogens with two attached hydrogens (primary N) is 1. The molecule has 5 rings (SSSR count). The summed E-state index contributed by atoms with van der Waals surface area (Å²) in [4.78, 5) is 17.1. The third-order valence-electron chi connectivity index (χ3n) is 5.90. The van der Waals surface area contributed by atoms with Crippen molar-refractivity contribution in [1.29, 1.82) is 0 Å². The zero-order chi connectivity index (χ0) is 23.4. The summed E-state index contributed by atoms with van der Waals surface area (Å²) in [6, 6.07) is 6.78. The summed E-state index contributed by atoms with van der Waals surface area (Å²) < 4.78 is 29.5. The molecule has 0 saturated carbocycles. The first kappa shape index (κ1) is 21.4. The summed E-state index contributed by atoms with van der Waals surface area (Å²) in [5.74, 6) is 0.734. The number of aryl methyl sites for hydroxylation is 1. The second-order valence-electron chi connectivity index (χ2n) is 8.63. The monoisotopic (exact) mass is 468 g/mol. The van der Waals surface area contributed by atoms with Gasteiger partial charge in [0, 0.05) is 17.8 Å². The predicted molar refractivity (Wildman–Crippen MR) is 123 cm³/mol. The van der Waals surface area contributed by atoms with Gasteiger partial charge in [0.15, 0.2) is 9.92 Å². The zero-order valence-corrected chi connectivity index (χ0v) is 19.3. The second kappa shape index (κ2) is 7.56. The fourth-order valence-corrected chi connectivity index (χ4v) is 5.04. The number of nitrogens with zero attached hydrogens (tertiary/aromatic N) is 4. The molecule has 11 heteroatoms. The molecular formula is C22H24N6O4S. The van der Waals surface area contributed by atoms with Gasteiger partial charge in [-0.1, -0.05) is 12.1 Å². The predicted octanol–water partition coefficient (Wildman–Crippen LogP) is 3.11. The number of rotatable bonds is 4. The first-order chi connectivity index (χ1) is 15.7. The first-order valence-electron chi connectivity index (χ1n) is 10.4. The number of fused-ring (bicyclic) bond motifs is 2. The van der Waals surface area contributed by atoms with Gasteiger partial charge in [0.25, 0.3) is 0 Å². The summed E-state index contributed by atoms with van der Waals surface area (Å²) >= 11 is 0. The minimum atomic E-state index is -3.58. The van der Waals surface area contributed by atoms with Crippen LogP contribution in [0.4, 0.5) is 10.5 Å². The summed E-state index contributed by atoms with van der Waals surface area (Å²) in [7, 11) is -2.04. The van der Waals surface area contributed by atoms with Gasteiger partial charge in [-0.3, -0.25) is 0 Å². The van der Waals surface area contributed by atoms with Crippen LogP contribution in [0, 0.1) is 0 Å². The lowest BCUT2D eigenvalue weighted by molar-refractivity contribution is 0.259. The van der Waals surface area contributed by atoms with Crippen LogP contribution in [0.15, 0.2) is 45.9 Å². The normalized spacial score (nSPS) is 17.1. The Balaban J connectivity index is 1.50. The highest BCUT2D eigenvalue weighted by Gasteiger charge is 2.36. The van der Waals surface area contributed by atoms with Crippen molar-refractivity contribution >= 4 is 21.6 Å². The van der Waals surface area contributed by atoms with E-state index in [2.05, 4.69) is 19.8 Å². The molecule has 2 amide bonds. The van der Waals surface area contributed by atoms with Gasteiger partial charge in [0.2, 0.25) is 11.8 Å². The molecule has 2 aliphatic rings. The Bertz CT molecular complexity index is 1400. The Morgan fingerprint density at radius 1 is 1.33 bits per heavy atom. The van der Waals surface area contributed by atoms with Gasteiger partial charge in [-0.15, -0.1) is 4.36 Å². The average Bonchev–Trinajstić information content (AvgIpc) is 3.30. The van der Waals surface area contributed by atoms with Crippen molar-refractivity contribution in [2.24, 2.45) is 9.50 Å². The maximum atomic E-state index is 13.2. The molecular weight excluding hydrogens is 444 g/mol. The van der Waals surface area contributed by atoms with Crippen molar-refractivity contribution in [3.8, 4) is 22.9 Å². The molecule has 0 saturated heterocycles. The maximum Gasteiger partial charge on any atom is 0.354 e. The van der Waals surface area contributed by atoms with E-state index in [4.69, 9.17) is 14.6 Å². The lowest BCUT2D eigenvalue weighted by Crippen LogP contribution is -2.26. The number of urea groups is 1. The lowest BCUT2D eigenvalue weighted by atomic mass is 9.84. The number of ether oxygens (including phenoxy) is 2. The van der Waals surface area contributed by atoms with Crippen LogP contribution in [-0.2, 0) is 28.3 Å². The van der Waals surface area contributed by atoms with E-state index < -0.39 is 21.5 Å². The number of carbonyl (C=O) groups is 1. The van der Waals surface area contributed by atoms with Crippen molar-refractivity contribution in [3.63, 3.8) is 0 Å². The Morgan fingerprint density at radius 3 is 2.88 bits per heavy atom. The quantitative estimate of drug-likeness (QED) is 0.604. The highest BCUT2D eigenvalue weighted by atomic mass is 32.2. The minimum Gasteiger partial charge on any atom is -0.481 e. The van der Waals surface area contributed by atoms with Crippen molar-refractivity contribution in [2.45, 2.75) is 37.1 Å².